The molecule has 6 aromatic rings. The lowest BCUT2D eigenvalue weighted by molar-refractivity contribution is 0.0510. The molecule has 3 aliphatic carbocycles. The van der Waals surface area contributed by atoms with Crippen molar-refractivity contribution in [3.8, 4) is 46.2 Å². The van der Waals surface area contributed by atoms with Crippen molar-refractivity contribution < 1.29 is 28.5 Å². The predicted molar refractivity (Wildman–Crippen MR) is 298 cm³/mol. The van der Waals surface area contributed by atoms with Gasteiger partial charge in [-0.05, 0) is 147 Å². The number of nitrogens with zero attached hydrogens (tertiary/aromatic N) is 9. The molecular weight excluding hydrogens is 967 g/mol. The van der Waals surface area contributed by atoms with Gasteiger partial charge in [-0.2, -0.15) is 10.5 Å². The lowest BCUT2D eigenvalue weighted by Gasteiger charge is -2.35. The van der Waals surface area contributed by atoms with Crippen LogP contribution >= 0.6 is 0 Å². The Morgan fingerprint density at radius 2 is 0.961 bits per heavy atom. The van der Waals surface area contributed by atoms with Gasteiger partial charge in [-0.25, -0.2) is 28.9 Å². The topological polar surface area (TPSA) is 183 Å². The summed E-state index contributed by atoms with van der Waals surface area (Å²) in [5, 5.41) is 31.7. The van der Waals surface area contributed by atoms with Gasteiger partial charge in [0.15, 0.2) is 22.7 Å². The van der Waals surface area contributed by atoms with Crippen LogP contribution in [-0.2, 0) is 20.3 Å². The van der Waals surface area contributed by atoms with Gasteiger partial charge in [0.25, 0.3) is 0 Å². The Morgan fingerprint density at radius 1 is 0.584 bits per heavy atom. The second-order valence-corrected chi connectivity index (χ2v) is 22.3. The number of rotatable bonds is 14. The molecule has 0 radical (unpaired) electrons. The molecule has 5 heterocycles. The number of benzene rings is 2. The van der Waals surface area contributed by atoms with Crippen LogP contribution in [0.4, 0.5) is 0 Å². The van der Waals surface area contributed by atoms with Crippen molar-refractivity contribution in [3.63, 3.8) is 0 Å². The summed E-state index contributed by atoms with van der Waals surface area (Å²) in [7, 11) is 2.10. The highest BCUT2D eigenvalue weighted by Crippen LogP contribution is 2.44. The van der Waals surface area contributed by atoms with E-state index in [2.05, 4.69) is 60.5 Å². The molecule has 1 aliphatic heterocycles. The minimum absolute atomic E-state index is 0.0605. The zero-order chi connectivity index (χ0) is 54.3. The molecule has 0 atom stereocenters. The minimum Gasteiger partial charge on any atom is -0.473 e. The van der Waals surface area contributed by atoms with Gasteiger partial charge < -0.3 is 23.8 Å². The third kappa shape index (κ3) is 11.7. The second-order valence-electron chi connectivity index (χ2n) is 22.3. The van der Waals surface area contributed by atoms with Crippen LogP contribution < -0.4 is 9.47 Å². The molecule has 0 spiro atoms. The first-order valence-corrected chi connectivity index (χ1v) is 28.6. The van der Waals surface area contributed by atoms with Crippen LogP contribution in [0.15, 0.2) is 60.7 Å². The van der Waals surface area contributed by atoms with Crippen LogP contribution in [-0.4, -0.2) is 91.9 Å². The van der Waals surface area contributed by atoms with E-state index in [1.807, 2.05) is 49.2 Å². The number of aromatic nitrogens is 6. The Hall–Kier alpha value is -6.84. The van der Waals surface area contributed by atoms with E-state index in [4.69, 9.17) is 39.1 Å². The number of fused-ring (bicyclic) bond motifs is 2. The van der Waals surface area contributed by atoms with Crippen LogP contribution in [0.5, 0.6) is 11.8 Å². The first kappa shape index (κ1) is 54.9. The zero-order valence-electron chi connectivity index (χ0n) is 46.4. The molecule has 77 heavy (non-hydrogen) atoms. The number of esters is 2. The third-order valence-corrected chi connectivity index (χ3v) is 16.2. The Morgan fingerprint density at radius 3 is 1.32 bits per heavy atom. The van der Waals surface area contributed by atoms with Crippen LogP contribution in [0.3, 0.4) is 0 Å². The molecule has 10 rings (SSSR count). The smallest absolute Gasteiger partial charge is 0.357 e. The number of nitriles is 2. The van der Waals surface area contributed by atoms with E-state index >= 15 is 0 Å². The SMILES string of the molecule is CCOC(=O)c1cc(-c2ccc(C3(C#N)CCCCC3)cc2)c2c(OC(C)C)nn(C3CCCCC3)c2n1.CCOC(=O)c1cc(-c2ccc(C3(C#N)CCN(C)CC3)cc2)c2c(OC(C)C)nn(C3CCCCC3)c2n1. The van der Waals surface area contributed by atoms with Gasteiger partial charge in [-0.3, -0.25) is 0 Å². The fourth-order valence-electron chi connectivity index (χ4n) is 12.1. The van der Waals surface area contributed by atoms with Crippen LogP contribution in [0.25, 0.3) is 44.3 Å². The molecule has 2 aromatic carbocycles. The summed E-state index contributed by atoms with van der Waals surface area (Å²) in [5.41, 5.74) is 6.60. The molecule has 0 bridgehead atoms. The van der Waals surface area contributed by atoms with E-state index in [9.17, 15) is 20.1 Å². The summed E-state index contributed by atoms with van der Waals surface area (Å²) in [4.78, 5) is 37.7. The Kier molecular flexibility index (Phi) is 17.3. The Labute approximate surface area is 454 Å². The predicted octanol–water partition coefficient (Wildman–Crippen LogP) is 13.3. The maximum absolute atomic E-state index is 12.9. The summed E-state index contributed by atoms with van der Waals surface area (Å²) in [6, 6.07) is 25.8. The van der Waals surface area contributed by atoms with Gasteiger partial charge in [0.05, 0.1) is 71.2 Å². The minimum atomic E-state index is -0.480. The van der Waals surface area contributed by atoms with Gasteiger partial charge >= 0.3 is 11.9 Å². The van der Waals surface area contributed by atoms with Crippen molar-refractivity contribution in [2.45, 2.75) is 186 Å². The molecule has 0 unspecified atom stereocenters. The first-order chi connectivity index (χ1) is 37.3. The summed E-state index contributed by atoms with van der Waals surface area (Å²) >= 11 is 0. The van der Waals surface area contributed by atoms with E-state index in [0.717, 1.165) is 147 Å². The fourth-order valence-corrected chi connectivity index (χ4v) is 12.1. The van der Waals surface area contributed by atoms with E-state index in [1.165, 1.54) is 19.3 Å². The van der Waals surface area contributed by atoms with Crippen molar-refractivity contribution in [1.82, 2.24) is 34.4 Å². The number of hydrogen-bond acceptors (Lipinski definition) is 13. The molecule has 4 aromatic heterocycles. The summed E-state index contributed by atoms with van der Waals surface area (Å²) in [5.74, 6) is 0.190. The van der Waals surface area contributed by atoms with E-state index in [1.54, 1.807) is 26.0 Å². The monoisotopic (exact) mass is 1040 g/mol. The summed E-state index contributed by atoms with van der Waals surface area (Å²) in [6.45, 7) is 13.9. The van der Waals surface area contributed by atoms with Gasteiger partial charge in [0.1, 0.15) is 0 Å². The molecule has 406 valence electrons. The number of pyridine rings is 2. The van der Waals surface area contributed by atoms with Crippen molar-refractivity contribution in [2.75, 3.05) is 33.4 Å². The zero-order valence-corrected chi connectivity index (χ0v) is 46.4. The standard InChI is InChI=1S/C31H39N5O3.C31H38N4O3/c1-5-38-30(37)26-19-25(22-11-13-23(14-12-22)31(20-32)15-17-35(4)18-16-31)27-28(33-26)36(24-9-7-6-8-10-24)34-29(27)39-21(2)3;1-4-37-30(36)26-19-25(22-13-15-23(16-14-22)31(20-32)17-9-6-10-18-31)27-28(33-26)35(24-11-7-5-8-12-24)34-29(27)38-21(2)3/h11-14,19,21,24H,5-10,15-18H2,1-4H3;13-16,19,21,24H,4-12,17-18H2,1-3H3. The average Bonchev–Trinajstić information content (AvgIpc) is 4.07. The van der Waals surface area contributed by atoms with Crippen LogP contribution in [0.1, 0.15) is 195 Å². The van der Waals surface area contributed by atoms with Gasteiger partial charge in [0.2, 0.25) is 11.8 Å². The second kappa shape index (κ2) is 24.2. The van der Waals surface area contributed by atoms with E-state index < -0.39 is 22.8 Å². The molecule has 15 nitrogen and oxygen atoms in total. The van der Waals surface area contributed by atoms with Crippen molar-refractivity contribution >= 4 is 34.0 Å². The number of likely N-dealkylation sites (tertiary alicyclic amines) is 1. The Balaban J connectivity index is 0.000000188. The number of hydrogen-bond donors (Lipinski definition) is 0. The molecule has 0 amide bonds. The molecule has 4 fully saturated rings. The Bertz CT molecular complexity index is 3100. The van der Waals surface area contributed by atoms with Crippen molar-refractivity contribution in [2.24, 2.45) is 0 Å². The molecule has 4 aliphatic rings. The molecular formula is C62H77N9O6. The summed E-state index contributed by atoms with van der Waals surface area (Å²) in [6.07, 6.45) is 17.8. The maximum atomic E-state index is 12.9. The highest BCUT2D eigenvalue weighted by atomic mass is 16.5. The first-order valence-electron chi connectivity index (χ1n) is 28.6. The number of ether oxygens (including phenoxy) is 4. The molecule has 3 saturated carbocycles. The largest absolute Gasteiger partial charge is 0.473 e. The number of piperidine rings is 1. The maximum Gasteiger partial charge on any atom is 0.357 e. The van der Waals surface area contributed by atoms with Crippen molar-refractivity contribution in [1.29, 1.82) is 10.5 Å². The lowest BCUT2D eigenvalue weighted by atomic mass is 9.70. The van der Waals surface area contributed by atoms with Gasteiger partial charge in [-0.15, -0.1) is 10.2 Å². The lowest BCUT2D eigenvalue weighted by Crippen LogP contribution is -2.39. The molecule has 15 heteroatoms. The number of carbonyl (C=O) groups is 2. The fraction of sp³-hybridized carbons (Fsp3) is 0.548. The highest BCUT2D eigenvalue weighted by molar-refractivity contribution is 6.02. The number of carbonyl (C=O) groups excluding carboxylic acids is 2. The quantitative estimate of drug-likeness (QED) is 0.0940. The van der Waals surface area contributed by atoms with E-state index in [0.29, 0.717) is 23.1 Å². The molecule has 1 saturated heterocycles. The summed E-state index contributed by atoms with van der Waals surface area (Å²) < 4.78 is 27.1. The van der Waals surface area contributed by atoms with E-state index in [-0.39, 0.29) is 48.9 Å². The molecule has 0 N–H and O–H groups in total. The van der Waals surface area contributed by atoms with Crippen molar-refractivity contribution in [3.05, 3.63) is 83.2 Å². The highest BCUT2D eigenvalue weighted by Gasteiger charge is 2.37. The average molecular weight is 1040 g/mol. The van der Waals surface area contributed by atoms with Crippen LogP contribution in [0.2, 0.25) is 0 Å². The van der Waals surface area contributed by atoms with Gasteiger partial charge in [0, 0.05) is 11.1 Å². The van der Waals surface area contributed by atoms with Crippen LogP contribution in [0, 0.1) is 22.7 Å². The van der Waals surface area contributed by atoms with Gasteiger partial charge in [-0.1, -0.05) is 106 Å². The third-order valence-electron chi connectivity index (χ3n) is 16.2. The normalized spacial score (nSPS) is 18.1.